The van der Waals surface area contributed by atoms with Crippen molar-refractivity contribution < 1.29 is 14.7 Å². The van der Waals surface area contributed by atoms with E-state index >= 15 is 0 Å². The maximum absolute atomic E-state index is 12.5. The van der Waals surface area contributed by atoms with Crippen LogP contribution < -0.4 is 4.90 Å². The van der Waals surface area contributed by atoms with Gasteiger partial charge in [-0.3, -0.25) is 14.3 Å². The molecule has 0 radical (unpaired) electrons. The van der Waals surface area contributed by atoms with E-state index in [-0.39, 0.29) is 24.2 Å². The quantitative estimate of drug-likeness (QED) is 0.835. The van der Waals surface area contributed by atoms with Gasteiger partial charge in [-0.05, 0) is 18.1 Å². The third kappa shape index (κ3) is 3.51. The lowest BCUT2D eigenvalue weighted by atomic mass is 9.91. The highest BCUT2D eigenvalue weighted by Crippen LogP contribution is 2.36. The minimum Gasteiger partial charge on any atom is -0.481 e. The number of carbonyl (C=O) groups is 2. The van der Waals surface area contributed by atoms with Crippen molar-refractivity contribution >= 4 is 17.7 Å². The molecule has 0 aliphatic carbocycles. The first-order valence-electron chi connectivity index (χ1n) is 8.36. The predicted octanol–water partition coefficient (Wildman–Crippen LogP) is 0.607. The fraction of sp³-hybridized carbons (Fsp3) is 0.471. The first kappa shape index (κ1) is 17.8. The Balaban J connectivity index is 1.93. The summed E-state index contributed by atoms with van der Waals surface area (Å²) in [4.78, 5) is 31.7. The summed E-state index contributed by atoms with van der Waals surface area (Å²) >= 11 is 0. The van der Waals surface area contributed by atoms with Gasteiger partial charge >= 0.3 is 5.97 Å². The second kappa shape index (κ2) is 7.11. The number of hydrogen-bond donors (Lipinski definition) is 1. The van der Waals surface area contributed by atoms with Gasteiger partial charge in [0.15, 0.2) is 0 Å². The van der Waals surface area contributed by atoms with Gasteiger partial charge in [0.1, 0.15) is 5.82 Å². The molecule has 3 heterocycles. The number of hydrogen-bond acceptors (Lipinski definition) is 6. The highest BCUT2D eigenvalue weighted by atomic mass is 16.4. The van der Waals surface area contributed by atoms with Gasteiger partial charge in [-0.15, -0.1) is 5.10 Å². The fourth-order valence-corrected chi connectivity index (χ4v) is 3.40. The van der Waals surface area contributed by atoms with Crippen molar-refractivity contribution in [2.24, 2.45) is 13.0 Å². The van der Waals surface area contributed by atoms with Crippen LogP contribution in [0.25, 0.3) is 0 Å². The van der Waals surface area contributed by atoms with Crippen molar-refractivity contribution in [3.63, 3.8) is 0 Å². The monoisotopic (exact) mass is 358 g/mol. The molecule has 1 N–H and O–H groups in total. The van der Waals surface area contributed by atoms with Gasteiger partial charge in [-0.25, -0.2) is 4.98 Å². The van der Waals surface area contributed by atoms with Crippen molar-refractivity contribution in [2.45, 2.75) is 12.3 Å². The highest BCUT2D eigenvalue weighted by molar-refractivity contribution is 5.98. The summed E-state index contributed by atoms with van der Waals surface area (Å²) < 4.78 is 1.61. The van der Waals surface area contributed by atoms with Crippen LogP contribution in [0, 0.1) is 5.92 Å². The Kier molecular flexibility index (Phi) is 4.88. The van der Waals surface area contributed by atoms with Gasteiger partial charge in [-0.1, -0.05) is 5.21 Å². The normalized spacial score (nSPS) is 19.6. The van der Waals surface area contributed by atoms with Gasteiger partial charge in [0.05, 0.1) is 17.7 Å². The average molecular weight is 358 g/mol. The van der Waals surface area contributed by atoms with Crippen molar-refractivity contribution in [2.75, 3.05) is 32.1 Å². The Hall–Kier alpha value is -2.97. The third-order valence-corrected chi connectivity index (χ3v) is 4.60. The van der Waals surface area contributed by atoms with E-state index in [0.717, 1.165) is 5.69 Å². The number of carbonyl (C=O) groups excluding carboxylic acids is 1. The van der Waals surface area contributed by atoms with Gasteiger partial charge < -0.3 is 14.9 Å². The maximum atomic E-state index is 12.5. The molecule has 2 atom stereocenters. The van der Waals surface area contributed by atoms with Crippen LogP contribution in [0.4, 0.5) is 5.82 Å². The number of aryl methyl sites for hydroxylation is 1. The summed E-state index contributed by atoms with van der Waals surface area (Å²) in [5.41, 5.74) is 1.27. The zero-order valence-electron chi connectivity index (χ0n) is 15.0. The summed E-state index contributed by atoms with van der Waals surface area (Å²) in [7, 11) is 5.17. The molecule has 2 aromatic rings. The number of rotatable bonds is 5. The van der Waals surface area contributed by atoms with E-state index < -0.39 is 5.97 Å². The van der Waals surface area contributed by atoms with Crippen LogP contribution in [0.1, 0.15) is 28.4 Å². The molecule has 1 fully saturated rings. The molecule has 9 nitrogen and oxygen atoms in total. The second-order valence-corrected chi connectivity index (χ2v) is 6.76. The van der Waals surface area contributed by atoms with Gasteiger partial charge in [0.2, 0.25) is 0 Å². The number of nitrogens with zero attached hydrogens (tertiary/aromatic N) is 6. The lowest BCUT2D eigenvalue weighted by Crippen LogP contribution is -2.28. The predicted molar refractivity (Wildman–Crippen MR) is 94.0 cm³/mol. The molecule has 0 aromatic carbocycles. The highest BCUT2D eigenvalue weighted by Gasteiger charge is 2.38. The summed E-state index contributed by atoms with van der Waals surface area (Å²) in [6.07, 6.45) is 3.48. The second-order valence-electron chi connectivity index (χ2n) is 6.76. The Morgan fingerprint density at radius 3 is 2.73 bits per heavy atom. The lowest BCUT2D eigenvalue weighted by Gasteiger charge is -2.21. The zero-order chi connectivity index (χ0) is 18.8. The van der Waals surface area contributed by atoms with E-state index in [0.29, 0.717) is 24.5 Å². The SMILES string of the molecule is CN(C)C(=O)c1cccnc1N1C[C@@H](CC(=O)O)[C@@H](c2cn(C)nn2)C1. The topological polar surface area (TPSA) is 104 Å². The van der Waals surface area contributed by atoms with Gasteiger partial charge in [0.25, 0.3) is 5.91 Å². The van der Waals surface area contributed by atoms with E-state index in [1.807, 2.05) is 11.1 Å². The Bertz CT molecular complexity index is 818. The maximum Gasteiger partial charge on any atom is 0.303 e. The molecule has 3 rings (SSSR count). The van der Waals surface area contributed by atoms with Crippen LogP contribution in [-0.4, -0.2) is 69.0 Å². The summed E-state index contributed by atoms with van der Waals surface area (Å²) in [6.45, 7) is 1.04. The molecule has 9 heteroatoms. The number of aromatic nitrogens is 4. The number of anilines is 1. The largest absolute Gasteiger partial charge is 0.481 e. The van der Waals surface area contributed by atoms with Crippen LogP contribution in [0.2, 0.25) is 0 Å². The number of amides is 1. The van der Waals surface area contributed by atoms with Gasteiger partial charge in [-0.2, -0.15) is 0 Å². The van der Waals surface area contributed by atoms with Crippen molar-refractivity contribution in [3.05, 3.63) is 35.8 Å². The molecule has 0 saturated carbocycles. The molecule has 2 aromatic heterocycles. The third-order valence-electron chi connectivity index (χ3n) is 4.60. The molecule has 1 aliphatic rings. The minimum atomic E-state index is -0.851. The Morgan fingerprint density at radius 2 is 2.12 bits per heavy atom. The zero-order valence-corrected chi connectivity index (χ0v) is 15.0. The first-order chi connectivity index (χ1) is 12.4. The Morgan fingerprint density at radius 1 is 1.35 bits per heavy atom. The van der Waals surface area contributed by atoms with Crippen LogP contribution >= 0.6 is 0 Å². The summed E-state index contributed by atoms with van der Waals surface area (Å²) in [6, 6.07) is 3.47. The molecule has 1 aliphatic heterocycles. The van der Waals surface area contributed by atoms with E-state index in [4.69, 9.17) is 0 Å². The summed E-state index contributed by atoms with van der Waals surface area (Å²) in [5, 5.41) is 17.4. The molecule has 0 unspecified atom stereocenters. The summed E-state index contributed by atoms with van der Waals surface area (Å²) in [5.74, 6) is -0.618. The van der Waals surface area contributed by atoms with Crippen molar-refractivity contribution in [1.82, 2.24) is 24.9 Å². The van der Waals surface area contributed by atoms with E-state index in [9.17, 15) is 14.7 Å². The van der Waals surface area contributed by atoms with E-state index in [1.165, 1.54) is 4.90 Å². The van der Waals surface area contributed by atoms with Crippen molar-refractivity contribution in [3.8, 4) is 0 Å². The Labute approximate surface area is 151 Å². The molecule has 0 spiro atoms. The minimum absolute atomic E-state index is 0.0293. The number of carboxylic acids is 1. The smallest absolute Gasteiger partial charge is 0.303 e. The molecule has 138 valence electrons. The van der Waals surface area contributed by atoms with Gasteiger partial charge in [0, 0.05) is 52.5 Å². The molecular weight excluding hydrogens is 336 g/mol. The average Bonchev–Trinajstić information content (AvgIpc) is 3.19. The lowest BCUT2D eigenvalue weighted by molar-refractivity contribution is -0.138. The first-order valence-corrected chi connectivity index (χ1v) is 8.36. The fourth-order valence-electron chi connectivity index (χ4n) is 3.40. The van der Waals surface area contributed by atoms with Crippen molar-refractivity contribution in [1.29, 1.82) is 0 Å². The molecule has 0 bridgehead atoms. The molecular formula is C17H22N6O3. The van der Waals surface area contributed by atoms with Crippen LogP contribution in [-0.2, 0) is 11.8 Å². The number of carboxylic acid groups (broad SMARTS) is 1. The number of pyridine rings is 1. The van der Waals surface area contributed by atoms with E-state index in [1.54, 1.807) is 44.2 Å². The standard InChI is InChI=1S/C17H22N6O3/c1-21(2)17(26)12-5-4-6-18-16(12)23-8-11(7-15(24)25)13(9-23)14-10-22(3)20-19-14/h4-6,10-11,13H,7-9H2,1-3H3,(H,24,25)/t11-,13+/m1/s1. The van der Waals surface area contributed by atoms with Crippen LogP contribution in [0.3, 0.4) is 0 Å². The number of aliphatic carboxylic acids is 1. The molecule has 1 saturated heterocycles. The van der Waals surface area contributed by atoms with E-state index in [2.05, 4.69) is 15.3 Å². The molecule has 1 amide bonds. The molecule has 26 heavy (non-hydrogen) atoms. The van der Waals surface area contributed by atoms with Crippen LogP contribution in [0.5, 0.6) is 0 Å². The van der Waals surface area contributed by atoms with Crippen LogP contribution in [0.15, 0.2) is 24.5 Å².